The zero-order valence-electron chi connectivity index (χ0n) is 11.6. The maximum absolute atomic E-state index is 11.2. The smallest absolute Gasteiger partial charge is 0.235 e. The van der Waals surface area contributed by atoms with Gasteiger partial charge in [0.25, 0.3) is 0 Å². The van der Waals surface area contributed by atoms with Gasteiger partial charge < -0.3 is 9.47 Å². The van der Waals surface area contributed by atoms with Crippen molar-refractivity contribution >= 4 is 10.0 Å². The summed E-state index contributed by atoms with van der Waals surface area (Å²) in [6, 6.07) is 0.00115. The summed E-state index contributed by atoms with van der Waals surface area (Å²) in [5.74, 6) is 0.846. The molecule has 1 saturated carbocycles. The minimum Gasteiger partial charge on any atom is -0.480 e. The van der Waals surface area contributed by atoms with Crippen molar-refractivity contribution in [3.05, 3.63) is 12.4 Å². The SMILES string of the molecule is COc1cncc(OC2CCC(NS(C)(=O)=O)CC2)n1. The molecule has 1 aliphatic rings. The summed E-state index contributed by atoms with van der Waals surface area (Å²) in [5, 5.41) is 0. The van der Waals surface area contributed by atoms with Gasteiger partial charge in [-0.25, -0.2) is 13.1 Å². The van der Waals surface area contributed by atoms with E-state index in [2.05, 4.69) is 14.7 Å². The summed E-state index contributed by atoms with van der Waals surface area (Å²) in [6.45, 7) is 0. The Balaban J connectivity index is 1.85. The predicted octanol–water partition coefficient (Wildman–Crippen LogP) is 0.724. The van der Waals surface area contributed by atoms with Gasteiger partial charge in [0, 0.05) is 6.04 Å². The number of methoxy groups -OCH3 is 1. The molecule has 8 heteroatoms. The molecule has 1 aromatic rings. The third-order valence-corrected chi connectivity index (χ3v) is 3.90. The van der Waals surface area contributed by atoms with Crippen LogP contribution in [-0.2, 0) is 10.0 Å². The zero-order chi connectivity index (χ0) is 14.6. The number of rotatable bonds is 5. The van der Waals surface area contributed by atoms with E-state index in [4.69, 9.17) is 9.47 Å². The second-order valence-corrected chi connectivity index (χ2v) is 6.66. The Kier molecular flexibility index (Phi) is 4.77. The van der Waals surface area contributed by atoms with Gasteiger partial charge in [-0.2, -0.15) is 4.98 Å². The number of hydrogen-bond acceptors (Lipinski definition) is 6. The van der Waals surface area contributed by atoms with Gasteiger partial charge in [-0.15, -0.1) is 0 Å². The van der Waals surface area contributed by atoms with Gasteiger partial charge in [-0.1, -0.05) is 0 Å². The Hall–Kier alpha value is -1.41. The highest BCUT2D eigenvalue weighted by atomic mass is 32.2. The molecule has 0 aromatic carbocycles. The molecule has 7 nitrogen and oxygen atoms in total. The molecule has 0 atom stereocenters. The van der Waals surface area contributed by atoms with Crippen molar-refractivity contribution in [3.8, 4) is 11.8 Å². The third kappa shape index (κ3) is 4.61. The molecule has 1 N–H and O–H groups in total. The van der Waals surface area contributed by atoms with E-state index in [0.717, 1.165) is 25.7 Å². The molecule has 1 aromatic heterocycles. The van der Waals surface area contributed by atoms with Crippen molar-refractivity contribution in [2.24, 2.45) is 0 Å². The van der Waals surface area contributed by atoms with Crippen LogP contribution in [0.5, 0.6) is 11.8 Å². The summed E-state index contributed by atoms with van der Waals surface area (Å²) < 4.78 is 35.7. The molecule has 0 saturated heterocycles. The van der Waals surface area contributed by atoms with Crippen LogP contribution in [0.4, 0.5) is 0 Å². The molecule has 0 aliphatic heterocycles. The lowest BCUT2D eigenvalue weighted by Crippen LogP contribution is -2.39. The van der Waals surface area contributed by atoms with E-state index in [-0.39, 0.29) is 12.1 Å². The number of hydrogen-bond donors (Lipinski definition) is 1. The highest BCUT2D eigenvalue weighted by molar-refractivity contribution is 7.88. The van der Waals surface area contributed by atoms with Gasteiger partial charge in [0.05, 0.1) is 25.8 Å². The first-order chi connectivity index (χ1) is 9.46. The van der Waals surface area contributed by atoms with Crippen LogP contribution in [0.25, 0.3) is 0 Å². The minimum absolute atomic E-state index is 0.00115. The lowest BCUT2D eigenvalue weighted by molar-refractivity contribution is 0.136. The molecule has 0 amide bonds. The molecule has 2 rings (SSSR count). The second-order valence-electron chi connectivity index (χ2n) is 4.88. The quantitative estimate of drug-likeness (QED) is 0.862. The van der Waals surface area contributed by atoms with Crippen molar-refractivity contribution in [2.75, 3.05) is 13.4 Å². The number of nitrogens with zero attached hydrogens (tertiary/aromatic N) is 2. The van der Waals surface area contributed by atoms with Crippen LogP contribution in [0.1, 0.15) is 25.7 Å². The molecular formula is C12H19N3O4S. The van der Waals surface area contributed by atoms with E-state index in [0.29, 0.717) is 11.8 Å². The van der Waals surface area contributed by atoms with Crippen molar-refractivity contribution in [3.63, 3.8) is 0 Å². The third-order valence-electron chi connectivity index (χ3n) is 3.14. The fourth-order valence-electron chi connectivity index (χ4n) is 2.26. The van der Waals surface area contributed by atoms with Crippen LogP contribution < -0.4 is 14.2 Å². The summed E-state index contributed by atoms with van der Waals surface area (Å²) in [6.07, 6.45) is 7.36. The average Bonchev–Trinajstić information content (AvgIpc) is 2.40. The first-order valence-corrected chi connectivity index (χ1v) is 8.35. The zero-order valence-corrected chi connectivity index (χ0v) is 12.4. The molecular weight excluding hydrogens is 282 g/mol. The van der Waals surface area contributed by atoms with E-state index in [1.165, 1.54) is 19.6 Å². The fourth-order valence-corrected chi connectivity index (χ4v) is 3.10. The Morgan fingerprint density at radius 1 is 1.20 bits per heavy atom. The van der Waals surface area contributed by atoms with Crippen LogP contribution in [0.2, 0.25) is 0 Å². The molecule has 1 heterocycles. The fraction of sp³-hybridized carbons (Fsp3) is 0.667. The summed E-state index contributed by atoms with van der Waals surface area (Å²) in [7, 11) is -1.62. The average molecular weight is 301 g/mol. The highest BCUT2D eigenvalue weighted by Crippen LogP contribution is 2.23. The normalized spacial score (nSPS) is 23.3. The van der Waals surface area contributed by atoms with Crippen molar-refractivity contribution in [2.45, 2.75) is 37.8 Å². The Morgan fingerprint density at radius 3 is 2.45 bits per heavy atom. The molecule has 112 valence electrons. The van der Waals surface area contributed by atoms with Crippen LogP contribution in [0.3, 0.4) is 0 Å². The summed E-state index contributed by atoms with van der Waals surface area (Å²) in [5.41, 5.74) is 0. The van der Waals surface area contributed by atoms with Crippen molar-refractivity contribution in [1.29, 1.82) is 0 Å². The lowest BCUT2D eigenvalue weighted by Gasteiger charge is -2.28. The topological polar surface area (TPSA) is 90.4 Å². The van der Waals surface area contributed by atoms with E-state index >= 15 is 0 Å². The predicted molar refractivity (Wildman–Crippen MR) is 73.2 cm³/mol. The maximum Gasteiger partial charge on any atom is 0.235 e. The van der Waals surface area contributed by atoms with Crippen LogP contribution in [-0.4, -0.2) is 43.9 Å². The molecule has 0 bridgehead atoms. The first kappa shape index (κ1) is 15.0. The van der Waals surface area contributed by atoms with Gasteiger partial charge in [-0.05, 0) is 25.7 Å². The molecule has 1 aliphatic carbocycles. The molecule has 20 heavy (non-hydrogen) atoms. The number of sulfonamides is 1. The Morgan fingerprint density at radius 2 is 1.85 bits per heavy atom. The van der Waals surface area contributed by atoms with Gasteiger partial charge in [0.15, 0.2) is 0 Å². The van der Waals surface area contributed by atoms with Gasteiger partial charge in [0.1, 0.15) is 6.10 Å². The molecule has 0 radical (unpaired) electrons. The molecule has 0 unspecified atom stereocenters. The largest absolute Gasteiger partial charge is 0.480 e. The van der Waals surface area contributed by atoms with Crippen molar-refractivity contribution < 1.29 is 17.9 Å². The van der Waals surface area contributed by atoms with Gasteiger partial charge in [-0.3, -0.25) is 4.98 Å². The molecule has 0 spiro atoms. The van der Waals surface area contributed by atoms with Crippen LogP contribution in [0, 0.1) is 0 Å². The maximum atomic E-state index is 11.2. The number of nitrogens with one attached hydrogen (secondary N) is 1. The van der Waals surface area contributed by atoms with Crippen molar-refractivity contribution in [1.82, 2.24) is 14.7 Å². The lowest BCUT2D eigenvalue weighted by atomic mass is 9.94. The van der Waals surface area contributed by atoms with E-state index in [9.17, 15) is 8.42 Å². The number of aromatic nitrogens is 2. The molecule has 1 fully saturated rings. The Labute approximate surface area is 118 Å². The number of ether oxygens (including phenoxy) is 2. The summed E-state index contributed by atoms with van der Waals surface area (Å²) >= 11 is 0. The Bertz CT molecular complexity index is 541. The highest BCUT2D eigenvalue weighted by Gasteiger charge is 2.24. The van der Waals surface area contributed by atoms with Gasteiger partial charge in [0.2, 0.25) is 21.8 Å². The van der Waals surface area contributed by atoms with E-state index < -0.39 is 10.0 Å². The summed E-state index contributed by atoms with van der Waals surface area (Å²) in [4.78, 5) is 8.13. The van der Waals surface area contributed by atoms with Crippen LogP contribution >= 0.6 is 0 Å². The minimum atomic E-state index is -3.14. The second kappa shape index (κ2) is 6.36. The van der Waals surface area contributed by atoms with Gasteiger partial charge >= 0.3 is 0 Å². The standard InChI is InChI=1S/C12H19N3O4S/c1-18-11-7-13-8-12(14-11)19-10-5-3-9(4-6-10)15-20(2,16)17/h7-10,15H,3-6H2,1-2H3. The first-order valence-electron chi connectivity index (χ1n) is 6.46. The monoisotopic (exact) mass is 301 g/mol. The van der Waals surface area contributed by atoms with Crippen LogP contribution in [0.15, 0.2) is 12.4 Å². The van der Waals surface area contributed by atoms with E-state index in [1.807, 2.05) is 0 Å². The van der Waals surface area contributed by atoms with E-state index in [1.54, 1.807) is 6.20 Å².